The molecule has 2 nitrogen and oxygen atoms in total. The minimum atomic E-state index is -0.447. The molecule has 0 aliphatic rings. The Bertz CT molecular complexity index is 360. The van der Waals surface area contributed by atoms with Crippen LogP contribution in [0.25, 0.3) is 0 Å². The molecule has 1 atom stereocenters. The van der Waals surface area contributed by atoms with Crippen molar-refractivity contribution in [3.63, 3.8) is 0 Å². The molecule has 0 saturated heterocycles. The van der Waals surface area contributed by atoms with Crippen molar-refractivity contribution >= 4 is 34.7 Å². The number of halogens is 2. The second-order valence-electron chi connectivity index (χ2n) is 3.56. The number of benzene rings is 1. The van der Waals surface area contributed by atoms with Crippen LogP contribution in [0.2, 0.25) is 5.02 Å². The van der Waals surface area contributed by atoms with Gasteiger partial charge in [-0.3, -0.25) is 0 Å². The molecule has 0 aliphatic carbocycles. The average molecular weight is 263 g/mol. The predicted molar refractivity (Wildman–Crippen MR) is 71.9 cm³/mol. The summed E-state index contributed by atoms with van der Waals surface area (Å²) >= 11 is 7.37. The Morgan fingerprint density at radius 3 is 2.81 bits per heavy atom. The van der Waals surface area contributed by atoms with Gasteiger partial charge in [-0.2, -0.15) is 11.8 Å². The number of thioether (sulfide) groups is 1. The third kappa shape index (κ3) is 3.46. The Hall–Kier alpha value is -0.610. The van der Waals surface area contributed by atoms with E-state index in [1.165, 1.54) is 12.1 Å². The summed E-state index contributed by atoms with van der Waals surface area (Å²) in [7, 11) is 0. The lowest BCUT2D eigenvalue weighted by Gasteiger charge is -2.18. The Morgan fingerprint density at radius 2 is 2.25 bits per heavy atom. The molecule has 0 heterocycles. The molecule has 1 unspecified atom stereocenters. The molecule has 0 spiro atoms. The van der Waals surface area contributed by atoms with Crippen molar-refractivity contribution in [2.45, 2.75) is 19.4 Å². The van der Waals surface area contributed by atoms with E-state index in [0.717, 1.165) is 12.2 Å². The number of rotatable bonds is 5. The topological polar surface area (TPSA) is 38.0 Å². The molecule has 0 radical (unpaired) electrons. The largest absolute Gasteiger partial charge is 0.397 e. The fourth-order valence-electron chi connectivity index (χ4n) is 1.37. The summed E-state index contributed by atoms with van der Waals surface area (Å²) in [6, 6.07) is 3.07. The molecule has 5 heteroatoms. The van der Waals surface area contributed by atoms with Gasteiger partial charge in [-0.15, -0.1) is 0 Å². The third-order valence-electron chi connectivity index (χ3n) is 2.31. The van der Waals surface area contributed by atoms with Crippen LogP contribution in [0.3, 0.4) is 0 Å². The van der Waals surface area contributed by atoms with Crippen molar-refractivity contribution in [3.05, 3.63) is 23.0 Å². The number of nitrogens with two attached hydrogens (primary N) is 1. The highest BCUT2D eigenvalue weighted by Gasteiger charge is 2.10. The smallest absolute Gasteiger partial charge is 0.143 e. The number of nitrogens with one attached hydrogen (secondary N) is 1. The Labute approximate surface area is 105 Å². The highest BCUT2D eigenvalue weighted by molar-refractivity contribution is 7.98. The van der Waals surface area contributed by atoms with Gasteiger partial charge in [-0.1, -0.05) is 18.5 Å². The van der Waals surface area contributed by atoms with E-state index in [-0.39, 0.29) is 11.1 Å². The summed E-state index contributed by atoms with van der Waals surface area (Å²) in [5, 5.41) is 3.28. The first-order chi connectivity index (χ1) is 7.58. The van der Waals surface area contributed by atoms with Crippen LogP contribution in [-0.2, 0) is 0 Å². The molecule has 0 aromatic heterocycles. The van der Waals surface area contributed by atoms with Crippen LogP contribution in [0.4, 0.5) is 15.8 Å². The van der Waals surface area contributed by atoms with Gasteiger partial charge in [-0.25, -0.2) is 4.39 Å². The standard InChI is InChI=1S/C11H16ClFN2S/c1-3-7(6-16-2)15-11-5-9(13)8(12)4-10(11)14/h4-5,7,15H,3,6,14H2,1-2H3. The van der Waals surface area contributed by atoms with Crippen LogP contribution < -0.4 is 11.1 Å². The maximum atomic E-state index is 13.3. The summed E-state index contributed by atoms with van der Waals surface area (Å²) in [5.41, 5.74) is 6.86. The molecule has 0 bridgehead atoms. The van der Waals surface area contributed by atoms with E-state index in [4.69, 9.17) is 17.3 Å². The van der Waals surface area contributed by atoms with Crippen LogP contribution in [0, 0.1) is 5.82 Å². The van der Waals surface area contributed by atoms with E-state index in [2.05, 4.69) is 12.2 Å². The number of hydrogen-bond donors (Lipinski definition) is 2. The van der Waals surface area contributed by atoms with E-state index in [1.807, 2.05) is 6.26 Å². The van der Waals surface area contributed by atoms with Crippen molar-refractivity contribution in [1.29, 1.82) is 0 Å². The summed E-state index contributed by atoms with van der Waals surface area (Å²) in [6.07, 6.45) is 3.00. The second kappa shape index (κ2) is 6.21. The molecule has 1 aromatic carbocycles. The van der Waals surface area contributed by atoms with Crippen LogP contribution in [0.15, 0.2) is 12.1 Å². The van der Waals surface area contributed by atoms with E-state index in [1.54, 1.807) is 11.8 Å². The van der Waals surface area contributed by atoms with E-state index in [9.17, 15) is 4.39 Å². The first-order valence-electron chi connectivity index (χ1n) is 5.08. The molecular weight excluding hydrogens is 247 g/mol. The maximum absolute atomic E-state index is 13.3. The zero-order chi connectivity index (χ0) is 12.1. The highest BCUT2D eigenvalue weighted by atomic mass is 35.5. The van der Waals surface area contributed by atoms with Gasteiger partial charge in [0.05, 0.1) is 16.4 Å². The molecule has 1 aromatic rings. The Kier molecular flexibility index (Phi) is 5.22. The Morgan fingerprint density at radius 1 is 1.56 bits per heavy atom. The summed E-state index contributed by atoms with van der Waals surface area (Å²) < 4.78 is 13.3. The summed E-state index contributed by atoms with van der Waals surface area (Å²) in [4.78, 5) is 0. The van der Waals surface area contributed by atoms with E-state index in [0.29, 0.717) is 11.4 Å². The van der Waals surface area contributed by atoms with Gasteiger partial charge in [0.25, 0.3) is 0 Å². The molecular formula is C11H16ClFN2S. The van der Waals surface area contributed by atoms with Crippen LogP contribution in [0.5, 0.6) is 0 Å². The molecule has 1 rings (SSSR count). The fourth-order valence-corrected chi connectivity index (χ4v) is 2.26. The zero-order valence-corrected chi connectivity index (χ0v) is 11.0. The lowest BCUT2D eigenvalue weighted by molar-refractivity contribution is 0.628. The van der Waals surface area contributed by atoms with Gasteiger partial charge in [0.2, 0.25) is 0 Å². The van der Waals surface area contributed by atoms with Gasteiger partial charge in [0.1, 0.15) is 5.82 Å². The van der Waals surface area contributed by atoms with Crippen molar-refractivity contribution in [2.24, 2.45) is 0 Å². The van der Waals surface area contributed by atoms with Crippen LogP contribution >= 0.6 is 23.4 Å². The first kappa shape index (κ1) is 13.5. The minimum absolute atomic E-state index is 0.0564. The summed E-state index contributed by atoms with van der Waals surface area (Å²) in [5.74, 6) is 0.512. The van der Waals surface area contributed by atoms with Gasteiger partial charge in [0.15, 0.2) is 0 Å². The van der Waals surface area contributed by atoms with Crippen LogP contribution in [0.1, 0.15) is 13.3 Å². The van der Waals surface area contributed by atoms with E-state index < -0.39 is 5.82 Å². The van der Waals surface area contributed by atoms with Crippen molar-refractivity contribution in [3.8, 4) is 0 Å². The number of anilines is 2. The predicted octanol–water partition coefficient (Wildman–Crippen LogP) is 3.61. The molecule has 16 heavy (non-hydrogen) atoms. The first-order valence-corrected chi connectivity index (χ1v) is 6.85. The fraction of sp³-hybridized carbons (Fsp3) is 0.455. The molecule has 0 amide bonds. The third-order valence-corrected chi connectivity index (χ3v) is 3.34. The Balaban J connectivity index is 2.83. The van der Waals surface area contributed by atoms with Crippen molar-refractivity contribution in [1.82, 2.24) is 0 Å². The van der Waals surface area contributed by atoms with Crippen molar-refractivity contribution < 1.29 is 4.39 Å². The molecule has 0 fully saturated rings. The number of nitrogen functional groups attached to an aromatic ring is 1. The monoisotopic (exact) mass is 262 g/mol. The van der Waals surface area contributed by atoms with Gasteiger partial charge >= 0.3 is 0 Å². The van der Waals surface area contributed by atoms with Gasteiger partial charge in [-0.05, 0) is 18.7 Å². The van der Waals surface area contributed by atoms with Crippen molar-refractivity contribution in [2.75, 3.05) is 23.1 Å². The maximum Gasteiger partial charge on any atom is 0.143 e. The van der Waals surface area contributed by atoms with Gasteiger partial charge < -0.3 is 11.1 Å². The zero-order valence-electron chi connectivity index (χ0n) is 9.39. The number of hydrogen-bond acceptors (Lipinski definition) is 3. The van der Waals surface area contributed by atoms with E-state index >= 15 is 0 Å². The molecule has 0 aliphatic heterocycles. The molecule has 90 valence electrons. The molecule has 3 N–H and O–H groups in total. The lowest BCUT2D eigenvalue weighted by Crippen LogP contribution is -2.21. The minimum Gasteiger partial charge on any atom is -0.397 e. The van der Waals surface area contributed by atoms with Crippen LogP contribution in [-0.4, -0.2) is 18.1 Å². The quantitative estimate of drug-likeness (QED) is 0.796. The summed E-state index contributed by atoms with van der Waals surface area (Å²) in [6.45, 7) is 2.08. The highest BCUT2D eigenvalue weighted by Crippen LogP contribution is 2.27. The lowest BCUT2D eigenvalue weighted by atomic mass is 10.2. The SMILES string of the molecule is CCC(CSC)Nc1cc(F)c(Cl)cc1N. The normalized spacial score (nSPS) is 12.5. The average Bonchev–Trinajstić information content (AvgIpc) is 2.25. The molecule has 0 saturated carbocycles. The second-order valence-corrected chi connectivity index (χ2v) is 4.88. The van der Waals surface area contributed by atoms with Gasteiger partial charge in [0, 0.05) is 17.9 Å².